The molecule has 2 aromatic rings. The maximum atomic E-state index is 12.8. The third-order valence-corrected chi connectivity index (χ3v) is 3.61. The summed E-state index contributed by atoms with van der Waals surface area (Å²) < 4.78 is 43.8. The van der Waals surface area contributed by atoms with E-state index in [-0.39, 0.29) is 23.4 Å². The van der Waals surface area contributed by atoms with Gasteiger partial charge in [-0.25, -0.2) is 0 Å². The van der Waals surface area contributed by atoms with Gasteiger partial charge < -0.3 is 9.63 Å². The molecule has 0 aliphatic rings. The van der Waals surface area contributed by atoms with E-state index in [0.29, 0.717) is 25.4 Å². The van der Waals surface area contributed by atoms with Crippen molar-refractivity contribution in [2.75, 3.05) is 19.7 Å². The van der Waals surface area contributed by atoms with Gasteiger partial charge in [0, 0.05) is 25.3 Å². The molecule has 1 heterocycles. The molecule has 0 spiro atoms. The quantitative estimate of drug-likeness (QED) is 0.797. The molecule has 0 saturated carbocycles. The zero-order chi connectivity index (χ0) is 19.4. The number of aliphatic hydroxyl groups excluding tert-OH is 1. The molecule has 0 atom stereocenters. The van der Waals surface area contributed by atoms with Crippen LogP contribution in [0.15, 0.2) is 28.8 Å². The molecule has 1 N–H and O–H groups in total. The Morgan fingerprint density at radius 1 is 1.19 bits per heavy atom. The van der Waals surface area contributed by atoms with Crippen LogP contribution in [0.3, 0.4) is 0 Å². The van der Waals surface area contributed by atoms with Crippen molar-refractivity contribution in [2.24, 2.45) is 5.41 Å². The second-order valence-electron chi connectivity index (χ2n) is 7.44. The Balaban J connectivity index is 2.15. The molecule has 0 radical (unpaired) electrons. The zero-order valence-electron chi connectivity index (χ0n) is 15.2. The summed E-state index contributed by atoms with van der Waals surface area (Å²) in [6, 6.07) is 4.85. The van der Waals surface area contributed by atoms with Gasteiger partial charge in [-0.15, -0.1) is 0 Å². The highest BCUT2D eigenvalue weighted by Crippen LogP contribution is 2.31. The largest absolute Gasteiger partial charge is 0.416 e. The third kappa shape index (κ3) is 6.10. The molecule has 0 bridgehead atoms. The maximum absolute atomic E-state index is 12.8. The first-order valence-corrected chi connectivity index (χ1v) is 8.42. The third-order valence-electron chi connectivity index (χ3n) is 3.61. The van der Waals surface area contributed by atoms with Crippen LogP contribution in [0.25, 0.3) is 11.4 Å². The van der Waals surface area contributed by atoms with Crippen molar-refractivity contribution in [1.29, 1.82) is 0 Å². The lowest BCUT2D eigenvalue weighted by Crippen LogP contribution is -2.33. The summed E-state index contributed by atoms with van der Waals surface area (Å²) >= 11 is 0. The van der Waals surface area contributed by atoms with E-state index in [0.717, 1.165) is 18.7 Å². The van der Waals surface area contributed by atoms with E-state index in [1.54, 1.807) is 0 Å². The Labute approximate surface area is 150 Å². The fourth-order valence-electron chi connectivity index (χ4n) is 2.64. The van der Waals surface area contributed by atoms with Crippen LogP contribution < -0.4 is 0 Å². The van der Waals surface area contributed by atoms with Gasteiger partial charge in [0.05, 0.1) is 12.1 Å². The van der Waals surface area contributed by atoms with Gasteiger partial charge in [0.25, 0.3) is 0 Å². The molecule has 0 fully saturated rings. The first-order valence-electron chi connectivity index (χ1n) is 8.42. The Morgan fingerprint density at radius 3 is 2.54 bits per heavy atom. The minimum Gasteiger partial charge on any atom is -0.396 e. The highest BCUT2D eigenvalue weighted by atomic mass is 19.4. The van der Waals surface area contributed by atoms with Crippen LogP contribution >= 0.6 is 0 Å². The predicted molar refractivity (Wildman–Crippen MR) is 91.2 cm³/mol. The van der Waals surface area contributed by atoms with Crippen molar-refractivity contribution < 1.29 is 22.8 Å². The number of hydrogen-bond acceptors (Lipinski definition) is 5. The molecule has 0 unspecified atom stereocenters. The van der Waals surface area contributed by atoms with E-state index in [1.165, 1.54) is 12.1 Å². The standard InChI is InChI=1S/C18H24F3N3O2/c1-17(2,3)12-24(8-5-9-25)11-15-22-16(23-26-15)13-6-4-7-14(10-13)18(19,20)21/h4,6-7,10,25H,5,8-9,11-12H2,1-3H3. The summed E-state index contributed by atoms with van der Waals surface area (Å²) in [4.78, 5) is 6.32. The lowest BCUT2D eigenvalue weighted by Gasteiger charge is -2.28. The summed E-state index contributed by atoms with van der Waals surface area (Å²) in [6.45, 7) is 8.18. The lowest BCUT2D eigenvalue weighted by atomic mass is 9.96. The SMILES string of the molecule is CC(C)(C)CN(CCCO)Cc1nc(-c2cccc(C(F)(F)F)c2)no1. The number of halogens is 3. The molecule has 8 heteroatoms. The van der Waals surface area contributed by atoms with Crippen molar-refractivity contribution in [3.05, 3.63) is 35.7 Å². The maximum Gasteiger partial charge on any atom is 0.416 e. The molecule has 2 rings (SSSR count). The lowest BCUT2D eigenvalue weighted by molar-refractivity contribution is -0.137. The van der Waals surface area contributed by atoms with E-state index in [2.05, 4.69) is 35.8 Å². The molecule has 1 aromatic heterocycles. The average molecular weight is 371 g/mol. The molecule has 0 amide bonds. The average Bonchev–Trinajstić information content (AvgIpc) is 2.99. The van der Waals surface area contributed by atoms with E-state index < -0.39 is 11.7 Å². The summed E-state index contributed by atoms with van der Waals surface area (Å²) in [5.41, 5.74) is -0.453. The summed E-state index contributed by atoms with van der Waals surface area (Å²) in [6.07, 6.45) is -3.80. The molecule has 144 valence electrons. The van der Waals surface area contributed by atoms with Crippen molar-refractivity contribution in [1.82, 2.24) is 15.0 Å². The molecule has 0 saturated heterocycles. The molecular weight excluding hydrogens is 347 g/mol. The Hall–Kier alpha value is -1.93. The van der Waals surface area contributed by atoms with Crippen molar-refractivity contribution >= 4 is 0 Å². The van der Waals surface area contributed by atoms with Crippen LogP contribution in [0, 0.1) is 5.41 Å². The summed E-state index contributed by atoms with van der Waals surface area (Å²) in [5, 5.41) is 12.9. The van der Waals surface area contributed by atoms with Gasteiger partial charge in [0.1, 0.15) is 0 Å². The number of hydrogen-bond donors (Lipinski definition) is 1. The summed E-state index contributed by atoms with van der Waals surface area (Å²) in [5.74, 6) is 0.462. The van der Waals surface area contributed by atoms with E-state index in [1.807, 2.05) is 0 Å². The normalized spacial score (nSPS) is 12.8. The van der Waals surface area contributed by atoms with E-state index in [9.17, 15) is 13.2 Å². The van der Waals surface area contributed by atoms with E-state index >= 15 is 0 Å². The van der Waals surface area contributed by atoms with Crippen molar-refractivity contribution in [3.63, 3.8) is 0 Å². The zero-order valence-corrected chi connectivity index (χ0v) is 15.2. The van der Waals surface area contributed by atoms with Crippen LogP contribution in [0.4, 0.5) is 13.2 Å². The molecule has 0 aliphatic carbocycles. The van der Waals surface area contributed by atoms with Crippen LogP contribution in [-0.2, 0) is 12.7 Å². The molecule has 0 aliphatic heterocycles. The monoisotopic (exact) mass is 371 g/mol. The van der Waals surface area contributed by atoms with Crippen LogP contribution in [0.5, 0.6) is 0 Å². The van der Waals surface area contributed by atoms with Crippen LogP contribution in [0.2, 0.25) is 0 Å². The minimum atomic E-state index is -4.42. The second kappa shape index (κ2) is 8.18. The number of nitrogens with zero attached hydrogens (tertiary/aromatic N) is 3. The minimum absolute atomic E-state index is 0.0410. The Morgan fingerprint density at radius 2 is 1.92 bits per heavy atom. The van der Waals surface area contributed by atoms with Gasteiger partial charge >= 0.3 is 6.18 Å². The number of alkyl halides is 3. The first-order chi connectivity index (χ1) is 12.1. The Kier molecular flexibility index (Phi) is 6.41. The smallest absolute Gasteiger partial charge is 0.396 e. The highest BCUT2D eigenvalue weighted by Gasteiger charge is 2.30. The van der Waals surface area contributed by atoms with E-state index in [4.69, 9.17) is 9.63 Å². The van der Waals surface area contributed by atoms with Crippen LogP contribution in [-0.4, -0.2) is 39.8 Å². The van der Waals surface area contributed by atoms with Crippen molar-refractivity contribution in [3.8, 4) is 11.4 Å². The fourth-order valence-corrected chi connectivity index (χ4v) is 2.64. The summed E-state index contributed by atoms with van der Waals surface area (Å²) in [7, 11) is 0. The van der Waals surface area contributed by atoms with Crippen molar-refractivity contribution in [2.45, 2.75) is 39.9 Å². The topological polar surface area (TPSA) is 62.4 Å². The van der Waals surface area contributed by atoms with Gasteiger partial charge in [-0.2, -0.15) is 18.2 Å². The number of aliphatic hydroxyl groups is 1. The number of rotatable bonds is 7. The highest BCUT2D eigenvalue weighted by molar-refractivity contribution is 5.55. The van der Waals surface area contributed by atoms with Gasteiger partial charge in [-0.1, -0.05) is 38.1 Å². The van der Waals surface area contributed by atoms with Gasteiger partial charge in [0.15, 0.2) is 0 Å². The molecule has 5 nitrogen and oxygen atoms in total. The Bertz CT molecular complexity index is 708. The number of benzene rings is 1. The fraction of sp³-hybridized carbons (Fsp3) is 0.556. The molecular formula is C18H24F3N3O2. The first kappa shape index (κ1) is 20.4. The van der Waals surface area contributed by atoms with Gasteiger partial charge in [-0.3, -0.25) is 4.90 Å². The second-order valence-corrected chi connectivity index (χ2v) is 7.44. The molecule has 1 aromatic carbocycles. The van der Waals surface area contributed by atoms with Crippen LogP contribution in [0.1, 0.15) is 38.6 Å². The van der Waals surface area contributed by atoms with Gasteiger partial charge in [0.2, 0.25) is 11.7 Å². The predicted octanol–water partition coefficient (Wildman–Crippen LogP) is 3.99. The van der Waals surface area contributed by atoms with Gasteiger partial charge in [-0.05, 0) is 24.0 Å². The number of aromatic nitrogens is 2. The molecule has 26 heavy (non-hydrogen) atoms.